The molecule has 0 heterocycles. The number of hydrogen-bond donors (Lipinski definition) is 3. The molecule has 0 saturated heterocycles. The molecule has 0 aromatic carbocycles. The number of nitrogens with two attached hydrogens (primary N) is 1. The summed E-state index contributed by atoms with van der Waals surface area (Å²) in [6.07, 6.45) is -0.563. The van der Waals surface area contributed by atoms with Crippen LogP contribution in [-0.4, -0.2) is 52.9 Å². The largest absolute Gasteiger partial charge is 0.444 e. The van der Waals surface area contributed by atoms with Crippen molar-refractivity contribution >= 4 is 35.4 Å². The first-order valence-electron chi connectivity index (χ1n) is 8.30. The molecule has 0 fully saturated rings. The Morgan fingerprint density at radius 3 is 2.19 bits per heavy atom. The number of nitrogens with zero attached hydrogens (tertiary/aromatic N) is 1. The van der Waals surface area contributed by atoms with Gasteiger partial charge in [-0.3, -0.25) is 24.8 Å². The van der Waals surface area contributed by atoms with Crippen LogP contribution in [0.4, 0.5) is 4.79 Å². The number of rotatable bonds is 8. The van der Waals surface area contributed by atoms with E-state index in [1.54, 1.807) is 20.8 Å². The standard InChI is InChI=1S/C16H29ClN4O5/c1-10(2)8-11(19-15(25)26-16(3,4)5)14(24)20-21(13(23)9-17)7-6-12(18)22/h10-11H,6-9H2,1-5H3,(H2,18,22)(H,19,25)(H,20,24). The molecule has 0 aromatic rings. The third-order valence-corrected chi connectivity index (χ3v) is 3.19. The zero-order valence-corrected chi connectivity index (χ0v) is 16.7. The van der Waals surface area contributed by atoms with Gasteiger partial charge in [0.2, 0.25) is 5.91 Å². The van der Waals surface area contributed by atoms with Crippen molar-refractivity contribution < 1.29 is 23.9 Å². The van der Waals surface area contributed by atoms with Gasteiger partial charge in [0.05, 0.1) is 6.54 Å². The second-order valence-corrected chi connectivity index (χ2v) is 7.47. The third-order valence-electron chi connectivity index (χ3n) is 2.96. The van der Waals surface area contributed by atoms with Gasteiger partial charge in [-0.05, 0) is 33.1 Å². The fraction of sp³-hybridized carbons (Fsp3) is 0.750. The molecule has 0 aliphatic heterocycles. The van der Waals surface area contributed by atoms with Crippen molar-refractivity contribution in [1.82, 2.24) is 15.8 Å². The molecule has 0 aliphatic carbocycles. The molecule has 4 N–H and O–H groups in total. The lowest BCUT2D eigenvalue weighted by molar-refractivity contribution is -0.141. The Balaban J connectivity index is 5.09. The number of carbonyl (C=O) groups is 4. The molecule has 0 radical (unpaired) electrons. The number of hydrogen-bond acceptors (Lipinski definition) is 5. The van der Waals surface area contributed by atoms with Gasteiger partial charge in [-0.2, -0.15) is 0 Å². The highest BCUT2D eigenvalue weighted by Gasteiger charge is 2.27. The maximum Gasteiger partial charge on any atom is 0.408 e. The Morgan fingerprint density at radius 1 is 1.19 bits per heavy atom. The van der Waals surface area contributed by atoms with Crippen LogP contribution in [0.15, 0.2) is 0 Å². The van der Waals surface area contributed by atoms with E-state index in [1.807, 2.05) is 13.8 Å². The number of alkyl carbamates (subject to hydrolysis) is 1. The van der Waals surface area contributed by atoms with Crippen LogP contribution in [0.1, 0.15) is 47.5 Å². The Labute approximate surface area is 158 Å². The molecule has 4 amide bonds. The summed E-state index contributed by atoms with van der Waals surface area (Å²) in [6.45, 7) is 8.75. The van der Waals surface area contributed by atoms with Crippen LogP contribution in [0, 0.1) is 5.92 Å². The van der Waals surface area contributed by atoms with E-state index in [0.717, 1.165) is 5.01 Å². The molecule has 150 valence electrons. The van der Waals surface area contributed by atoms with Gasteiger partial charge < -0.3 is 15.8 Å². The first-order chi connectivity index (χ1) is 11.9. The molecule has 26 heavy (non-hydrogen) atoms. The highest BCUT2D eigenvalue weighted by atomic mass is 35.5. The molecule has 0 aliphatic rings. The molecule has 0 saturated carbocycles. The van der Waals surface area contributed by atoms with E-state index >= 15 is 0 Å². The molecule has 0 spiro atoms. The topological polar surface area (TPSA) is 131 Å². The minimum Gasteiger partial charge on any atom is -0.444 e. The first-order valence-corrected chi connectivity index (χ1v) is 8.83. The Bertz CT molecular complexity index is 519. The van der Waals surface area contributed by atoms with Crippen LogP contribution in [-0.2, 0) is 19.1 Å². The quantitative estimate of drug-likeness (QED) is 0.417. The lowest BCUT2D eigenvalue weighted by atomic mass is 10.0. The highest BCUT2D eigenvalue weighted by molar-refractivity contribution is 6.27. The van der Waals surface area contributed by atoms with Gasteiger partial charge in [0.1, 0.15) is 17.5 Å². The number of hydrazine groups is 1. The fourth-order valence-corrected chi connectivity index (χ4v) is 2.05. The SMILES string of the molecule is CC(C)CC(NC(=O)OC(C)(C)C)C(=O)NN(CCC(N)=O)C(=O)CCl. The number of primary amides is 1. The van der Waals surface area contributed by atoms with E-state index in [0.29, 0.717) is 6.42 Å². The van der Waals surface area contributed by atoms with Gasteiger partial charge in [0.25, 0.3) is 11.8 Å². The van der Waals surface area contributed by atoms with Gasteiger partial charge in [-0.25, -0.2) is 4.79 Å². The van der Waals surface area contributed by atoms with Crippen molar-refractivity contribution in [2.75, 3.05) is 12.4 Å². The van der Waals surface area contributed by atoms with E-state index in [9.17, 15) is 19.2 Å². The zero-order chi connectivity index (χ0) is 20.5. The van der Waals surface area contributed by atoms with E-state index in [1.165, 1.54) is 0 Å². The van der Waals surface area contributed by atoms with Crippen LogP contribution in [0.2, 0.25) is 0 Å². The normalized spacial score (nSPS) is 12.3. The summed E-state index contributed by atoms with van der Waals surface area (Å²) in [5, 5.41) is 3.42. The Kier molecular flexibility index (Phi) is 10.0. The Hall–Kier alpha value is -2.03. The predicted octanol–water partition coefficient (Wildman–Crippen LogP) is 0.900. The number of alkyl halides is 1. The predicted molar refractivity (Wildman–Crippen MR) is 97.0 cm³/mol. The summed E-state index contributed by atoms with van der Waals surface area (Å²) in [6, 6.07) is -0.927. The van der Waals surface area contributed by atoms with E-state index in [4.69, 9.17) is 22.1 Å². The maximum atomic E-state index is 12.5. The Morgan fingerprint density at radius 2 is 1.77 bits per heavy atom. The molecular formula is C16H29ClN4O5. The van der Waals surface area contributed by atoms with Crippen LogP contribution < -0.4 is 16.5 Å². The van der Waals surface area contributed by atoms with Gasteiger partial charge in [-0.1, -0.05) is 13.8 Å². The molecule has 1 unspecified atom stereocenters. The van der Waals surface area contributed by atoms with Gasteiger partial charge in [0.15, 0.2) is 0 Å². The van der Waals surface area contributed by atoms with Crippen molar-refractivity contribution in [1.29, 1.82) is 0 Å². The van der Waals surface area contributed by atoms with Crippen molar-refractivity contribution in [3.63, 3.8) is 0 Å². The maximum absolute atomic E-state index is 12.5. The molecular weight excluding hydrogens is 364 g/mol. The summed E-state index contributed by atoms with van der Waals surface area (Å²) in [5.41, 5.74) is 6.73. The second kappa shape index (κ2) is 10.8. The summed E-state index contributed by atoms with van der Waals surface area (Å²) < 4.78 is 5.16. The van der Waals surface area contributed by atoms with Gasteiger partial charge in [0, 0.05) is 6.42 Å². The summed E-state index contributed by atoms with van der Waals surface area (Å²) >= 11 is 5.52. The first kappa shape index (κ1) is 24.0. The molecule has 10 heteroatoms. The van der Waals surface area contributed by atoms with E-state index in [-0.39, 0.29) is 24.8 Å². The number of halogens is 1. The molecule has 0 rings (SSSR count). The van der Waals surface area contributed by atoms with Crippen molar-refractivity contribution in [2.45, 2.75) is 59.1 Å². The number of carbonyl (C=O) groups excluding carboxylic acids is 4. The van der Waals surface area contributed by atoms with Crippen molar-refractivity contribution in [3.05, 3.63) is 0 Å². The van der Waals surface area contributed by atoms with Crippen molar-refractivity contribution in [3.8, 4) is 0 Å². The highest BCUT2D eigenvalue weighted by Crippen LogP contribution is 2.10. The van der Waals surface area contributed by atoms with Crippen LogP contribution in [0.5, 0.6) is 0 Å². The average Bonchev–Trinajstić information content (AvgIpc) is 2.47. The molecule has 9 nitrogen and oxygen atoms in total. The minimum atomic E-state index is -0.927. The third kappa shape index (κ3) is 10.8. The zero-order valence-electron chi connectivity index (χ0n) is 15.9. The second-order valence-electron chi connectivity index (χ2n) is 7.20. The van der Waals surface area contributed by atoms with E-state index < -0.39 is 35.5 Å². The lowest BCUT2D eigenvalue weighted by Crippen LogP contribution is -2.55. The number of nitrogens with one attached hydrogen (secondary N) is 2. The fourth-order valence-electron chi connectivity index (χ4n) is 1.90. The molecule has 0 bridgehead atoms. The summed E-state index contributed by atoms with van der Waals surface area (Å²) in [4.78, 5) is 47.2. The van der Waals surface area contributed by atoms with Crippen LogP contribution in [0.3, 0.4) is 0 Å². The molecule has 0 aromatic heterocycles. The minimum absolute atomic E-state index is 0.0866. The van der Waals surface area contributed by atoms with Crippen LogP contribution >= 0.6 is 11.6 Å². The summed E-state index contributed by atoms with van der Waals surface area (Å²) in [7, 11) is 0. The monoisotopic (exact) mass is 392 g/mol. The molecule has 1 atom stereocenters. The van der Waals surface area contributed by atoms with E-state index in [2.05, 4.69) is 10.7 Å². The van der Waals surface area contributed by atoms with Crippen molar-refractivity contribution in [2.24, 2.45) is 11.7 Å². The average molecular weight is 393 g/mol. The lowest BCUT2D eigenvalue weighted by Gasteiger charge is -2.27. The van der Waals surface area contributed by atoms with Gasteiger partial charge >= 0.3 is 6.09 Å². The number of ether oxygens (including phenoxy) is 1. The smallest absolute Gasteiger partial charge is 0.408 e. The van der Waals surface area contributed by atoms with Gasteiger partial charge in [-0.15, -0.1) is 11.6 Å². The van der Waals surface area contributed by atoms with Crippen LogP contribution in [0.25, 0.3) is 0 Å². The number of amides is 4. The summed E-state index contributed by atoms with van der Waals surface area (Å²) in [5.74, 6) is -2.14.